The maximum Gasteiger partial charge on any atom is 0.0711 e. The van der Waals surface area contributed by atoms with E-state index >= 15 is 0 Å². The van der Waals surface area contributed by atoms with Gasteiger partial charge in [0.15, 0.2) is 0 Å². The SMILES string of the molecule is CCC1C/C=C\C(CC)c2c(c3c(c4c2N=C/C=C\CC4)C(C)C/C=C/C(c2ccc(CCC4Cc5ccccc5-c5ccccc54)cc2)=N3)C1. The molecule has 0 N–H and O–H groups in total. The lowest BCUT2D eigenvalue weighted by molar-refractivity contribution is 0.505. The highest BCUT2D eigenvalue weighted by Gasteiger charge is 2.31. The van der Waals surface area contributed by atoms with E-state index in [4.69, 9.17) is 9.98 Å². The smallest absolute Gasteiger partial charge is 0.0711 e. The summed E-state index contributed by atoms with van der Waals surface area (Å²) in [6.07, 6.45) is 26.9. The Balaban J connectivity index is 1.16. The Morgan fingerprint density at radius 2 is 1.57 bits per heavy atom. The highest BCUT2D eigenvalue weighted by molar-refractivity contribution is 6.10. The number of rotatable bonds is 6. The summed E-state index contributed by atoms with van der Waals surface area (Å²) in [7, 11) is 0. The topological polar surface area (TPSA) is 24.7 Å². The van der Waals surface area contributed by atoms with Gasteiger partial charge in [-0.25, -0.2) is 4.99 Å². The molecular formula is C49H52N2. The second-order valence-electron chi connectivity index (χ2n) is 15.3. The first-order chi connectivity index (χ1) is 25.1. The number of fused-ring (bicyclic) bond motifs is 9. The van der Waals surface area contributed by atoms with Crippen LogP contribution in [-0.2, 0) is 25.7 Å². The molecule has 4 atom stereocenters. The Hall–Kier alpha value is -4.56. The van der Waals surface area contributed by atoms with Crippen molar-refractivity contribution >= 4 is 23.3 Å². The molecule has 2 heteroatoms. The van der Waals surface area contributed by atoms with Gasteiger partial charge in [-0.3, -0.25) is 4.99 Å². The first kappa shape index (κ1) is 33.6. The lowest BCUT2D eigenvalue weighted by Gasteiger charge is -2.32. The zero-order valence-corrected chi connectivity index (χ0v) is 30.7. The van der Waals surface area contributed by atoms with Crippen molar-refractivity contribution in [1.29, 1.82) is 0 Å². The highest BCUT2D eigenvalue weighted by atomic mass is 14.8. The Kier molecular flexibility index (Phi) is 9.85. The summed E-state index contributed by atoms with van der Waals surface area (Å²) in [6.45, 7) is 7.09. The first-order valence-electron chi connectivity index (χ1n) is 19.7. The van der Waals surface area contributed by atoms with E-state index in [0.717, 1.165) is 63.5 Å². The maximum absolute atomic E-state index is 5.74. The summed E-state index contributed by atoms with van der Waals surface area (Å²) in [4.78, 5) is 11.0. The fourth-order valence-corrected chi connectivity index (χ4v) is 9.28. The molecule has 0 amide bonds. The van der Waals surface area contributed by atoms with Crippen LogP contribution >= 0.6 is 0 Å². The molecule has 0 spiro atoms. The molecule has 4 aliphatic rings. The van der Waals surface area contributed by atoms with Gasteiger partial charge in [-0.05, 0) is 138 Å². The molecule has 51 heavy (non-hydrogen) atoms. The van der Waals surface area contributed by atoms with E-state index in [1.807, 2.05) is 6.21 Å². The lowest BCUT2D eigenvalue weighted by atomic mass is 9.75. The number of allylic oxidation sites excluding steroid dienone is 6. The molecule has 4 aromatic carbocycles. The van der Waals surface area contributed by atoms with Crippen LogP contribution in [-0.4, -0.2) is 11.9 Å². The summed E-state index contributed by atoms with van der Waals surface area (Å²) < 4.78 is 0. The van der Waals surface area contributed by atoms with E-state index in [1.165, 1.54) is 73.4 Å². The number of hydrogen-bond acceptors (Lipinski definition) is 2. The van der Waals surface area contributed by atoms with Gasteiger partial charge in [0.2, 0.25) is 0 Å². The van der Waals surface area contributed by atoms with E-state index in [0.29, 0.717) is 23.7 Å². The van der Waals surface area contributed by atoms with Crippen LogP contribution in [0, 0.1) is 5.92 Å². The molecule has 4 aromatic rings. The van der Waals surface area contributed by atoms with E-state index in [9.17, 15) is 0 Å². The third kappa shape index (κ3) is 6.66. The van der Waals surface area contributed by atoms with Crippen LogP contribution in [0.5, 0.6) is 0 Å². The molecule has 0 saturated heterocycles. The van der Waals surface area contributed by atoms with Gasteiger partial charge in [-0.2, -0.15) is 0 Å². The molecule has 2 aliphatic carbocycles. The summed E-state index contributed by atoms with van der Waals surface area (Å²) in [6, 6.07) is 27.4. The molecule has 2 heterocycles. The summed E-state index contributed by atoms with van der Waals surface area (Å²) >= 11 is 0. The van der Waals surface area contributed by atoms with Crippen LogP contribution in [0.4, 0.5) is 11.4 Å². The van der Waals surface area contributed by atoms with Crippen LogP contribution in [0.15, 0.2) is 119 Å². The van der Waals surface area contributed by atoms with Crippen molar-refractivity contribution in [2.75, 3.05) is 0 Å². The Labute approximate surface area is 305 Å². The molecule has 8 rings (SSSR count). The molecule has 0 radical (unpaired) electrons. The molecule has 0 fully saturated rings. The quantitative estimate of drug-likeness (QED) is 0.183. The predicted molar refractivity (Wildman–Crippen MR) is 218 cm³/mol. The number of nitrogens with zero attached hydrogens (tertiary/aromatic N) is 2. The highest BCUT2D eigenvalue weighted by Crippen LogP contribution is 2.50. The summed E-state index contributed by atoms with van der Waals surface area (Å²) in [5.74, 6) is 1.90. The van der Waals surface area contributed by atoms with Gasteiger partial charge < -0.3 is 0 Å². The average Bonchev–Trinajstić information content (AvgIpc) is 3.14. The number of aryl methyl sites for hydroxylation is 1. The second kappa shape index (κ2) is 15.0. The molecule has 0 bridgehead atoms. The third-order valence-corrected chi connectivity index (χ3v) is 12.1. The fraction of sp³-hybridized carbons (Fsp3) is 0.347. The standard InChI is InChI=1S/C49H52N2/c1-4-34-16-14-18-36(5-2)47-44(31-34)49-46(43-22-7-6-12-30-50-48(43)47)33(3)15-13-23-45(51-49)37-27-24-35(25-28-37)26-29-39-32-38-17-8-9-19-40(38)42-21-11-10-20-41(39)42/h6,8-14,17-21,23-25,27-28,30,33-34,36,39H,4-5,7,15-16,22,26,29,31-32H2,1-3H3/b12-6-,18-14-,23-13+,50-30?,51-45?. The Morgan fingerprint density at radius 1 is 0.745 bits per heavy atom. The average molecular weight is 669 g/mol. The van der Waals surface area contributed by atoms with Crippen molar-refractivity contribution in [3.05, 3.63) is 154 Å². The predicted octanol–water partition coefficient (Wildman–Crippen LogP) is 13.0. The minimum atomic E-state index is 0.358. The van der Waals surface area contributed by atoms with Crippen molar-refractivity contribution in [3.8, 4) is 11.1 Å². The molecule has 0 aromatic heterocycles. The molecule has 2 aliphatic heterocycles. The molecule has 0 saturated carbocycles. The normalized spacial score (nSPS) is 23.9. The van der Waals surface area contributed by atoms with E-state index in [2.05, 4.69) is 130 Å². The fourth-order valence-electron chi connectivity index (χ4n) is 9.28. The van der Waals surface area contributed by atoms with Crippen LogP contribution in [0.2, 0.25) is 0 Å². The van der Waals surface area contributed by atoms with Gasteiger partial charge in [-0.15, -0.1) is 0 Å². The molecule has 4 unspecified atom stereocenters. The molecular weight excluding hydrogens is 617 g/mol. The number of benzene rings is 4. The van der Waals surface area contributed by atoms with Gasteiger partial charge in [0.05, 0.1) is 17.1 Å². The minimum absolute atomic E-state index is 0.358. The minimum Gasteiger partial charge on any atom is -0.256 e. The van der Waals surface area contributed by atoms with E-state index < -0.39 is 0 Å². The first-order valence-corrected chi connectivity index (χ1v) is 19.7. The van der Waals surface area contributed by atoms with Crippen LogP contribution in [0.3, 0.4) is 0 Å². The van der Waals surface area contributed by atoms with Crippen molar-refractivity contribution in [2.24, 2.45) is 15.9 Å². The van der Waals surface area contributed by atoms with Crippen LogP contribution < -0.4 is 0 Å². The van der Waals surface area contributed by atoms with Crippen molar-refractivity contribution in [1.82, 2.24) is 0 Å². The van der Waals surface area contributed by atoms with Gasteiger partial charge >= 0.3 is 0 Å². The largest absolute Gasteiger partial charge is 0.256 e. The van der Waals surface area contributed by atoms with Crippen LogP contribution in [0.25, 0.3) is 11.1 Å². The molecule has 258 valence electrons. The van der Waals surface area contributed by atoms with E-state index in [-0.39, 0.29) is 0 Å². The lowest BCUT2D eigenvalue weighted by Crippen LogP contribution is -2.15. The monoisotopic (exact) mass is 668 g/mol. The zero-order valence-electron chi connectivity index (χ0n) is 30.7. The van der Waals surface area contributed by atoms with Gasteiger partial charge in [-0.1, -0.05) is 124 Å². The Morgan fingerprint density at radius 3 is 2.41 bits per heavy atom. The van der Waals surface area contributed by atoms with Crippen molar-refractivity contribution < 1.29 is 0 Å². The zero-order chi connectivity index (χ0) is 34.7. The van der Waals surface area contributed by atoms with Crippen molar-refractivity contribution in [2.45, 2.75) is 103 Å². The molecule has 2 nitrogen and oxygen atoms in total. The van der Waals surface area contributed by atoms with Crippen LogP contribution in [0.1, 0.15) is 122 Å². The van der Waals surface area contributed by atoms with Gasteiger partial charge in [0, 0.05) is 17.7 Å². The third-order valence-electron chi connectivity index (χ3n) is 12.1. The van der Waals surface area contributed by atoms with E-state index in [1.54, 1.807) is 0 Å². The van der Waals surface area contributed by atoms with Crippen molar-refractivity contribution in [3.63, 3.8) is 0 Å². The van der Waals surface area contributed by atoms with Gasteiger partial charge in [0.25, 0.3) is 0 Å². The number of hydrogen-bond donors (Lipinski definition) is 0. The van der Waals surface area contributed by atoms with Gasteiger partial charge in [0.1, 0.15) is 0 Å². The second-order valence-corrected chi connectivity index (χ2v) is 15.3. The summed E-state index contributed by atoms with van der Waals surface area (Å²) in [5.41, 5.74) is 17.8. The number of aliphatic imine (C=N–C) groups is 2. The Bertz CT molecular complexity index is 2050. The summed E-state index contributed by atoms with van der Waals surface area (Å²) in [5, 5.41) is 0. The maximum atomic E-state index is 5.74.